The van der Waals surface area contributed by atoms with Crippen LogP contribution < -0.4 is 26.2 Å². The van der Waals surface area contributed by atoms with Crippen LogP contribution in [-0.4, -0.2) is 61.6 Å². The highest BCUT2D eigenvalue weighted by Gasteiger charge is 2.39. The van der Waals surface area contributed by atoms with Gasteiger partial charge in [0.15, 0.2) is 0 Å². The fraction of sp³-hybridized carbons (Fsp3) is 0.579. The third-order valence-electron chi connectivity index (χ3n) is 4.94. The highest BCUT2D eigenvalue weighted by Crippen LogP contribution is 2.31. The predicted octanol–water partition coefficient (Wildman–Crippen LogP) is 0.0170. The number of carbonyl (C=O) groups excluding carboxylic acids is 3. The van der Waals surface area contributed by atoms with Gasteiger partial charge in [0, 0.05) is 19.8 Å². The number of likely N-dealkylation sites (N-methyl/N-ethyl adjacent to an activating group) is 1. The summed E-state index contributed by atoms with van der Waals surface area (Å²) in [6.45, 7) is 5.80. The van der Waals surface area contributed by atoms with Crippen molar-refractivity contribution in [3.05, 3.63) is 23.9 Å². The van der Waals surface area contributed by atoms with E-state index in [9.17, 15) is 14.4 Å². The third-order valence-corrected chi connectivity index (χ3v) is 4.94. The topological polar surface area (TPSA) is 115 Å². The number of aromatic nitrogens is 1. The van der Waals surface area contributed by atoms with Crippen molar-refractivity contribution in [2.45, 2.75) is 45.3 Å². The standard InChI is InChI=1S/C19H30N6O3/c1-11(2)15(24-17(26)12(3)20-4)18(27)25-14(10-23-19(28)21-5)9-13-7-6-8-22-16(13)25/h6-8,11-12,14-15,20H,9-10H2,1-5H3,(H,24,26)(H2,21,23,28)/t12?,14?,15-/m0/s1. The lowest BCUT2D eigenvalue weighted by Gasteiger charge is -2.31. The van der Waals surface area contributed by atoms with Gasteiger partial charge in [0.25, 0.3) is 5.91 Å². The summed E-state index contributed by atoms with van der Waals surface area (Å²) in [6.07, 6.45) is 2.23. The summed E-state index contributed by atoms with van der Waals surface area (Å²) in [7, 11) is 3.23. The van der Waals surface area contributed by atoms with E-state index in [0.717, 1.165) is 5.56 Å². The smallest absolute Gasteiger partial charge is 0.314 e. The average molecular weight is 390 g/mol. The number of amides is 4. The number of hydrogen-bond donors (Lipinski definition) is 4. The van der Waals surface area contributed by atoms with E-state index >= 15 is 0 Å². The number of anilines is 1. The zero-order valence-corrected chi connectivity index (χ0v) is 17.1. The Hall–Kier alpha value is -2.68. The first-order valence-corrected chi connectivity index (χ1v) is 9.50. The van der Waals surface area contributed by atoms with E-state index in [4.69, 9.17) is 0 Å². The van der Waals surface area contributed by atoms with Gasteiger partial charge >= 0.3 is 6.03 Å². The molecule has 0 saturated heterocycles. The van der Waals surface area contributed by atoms with Crippen LogP contribution in [0.1, 0.15) is 26.3 Å². The summed E-state index contributed by atoms with van der Waals surface area (Å²) >= 11 is 0. The quantitative estimate of drug-likeness (QED) is 0.524. The Morgan fingerprint density at radius 3 is 2.57 bits per heavy atom. The summed E-state index contributed by atoms with van der Waals surface area (Å²) in [5.41, 5.74) is 0.942. The van der Waals surface area contributed by atoms with Crippen LogP contribution in [0.25, 0.3) is 0 Å². The first kappa shape index (κ1) is 21.6. The molecule has 154 valence electrons. The SMILES string of the molecule is CNC(=O)NCC1Cc2cccnc2N1C(=O)[C@@H](NC(=O)C(C)NC)C(C)C. The Morgan fingerprint density at radius 2 is 1.96 bits per heavy atom. The van der Waals surface area contributed by atoms with E-state index < -0.39 is 12.1 Å². The van der Waals surface area contributed by atoms with Crippen molar-refractivity contribution in [1.82, 2.24) is 26.3 Å². The fourth-order valence-corrected chi connectivity index (χ4v) is 3.14. The van der Waals surface area contributed by atoms with Gasteiger partial charge in [-0.1, -0.05) is 19.9 Å². The molecule has 2 rings (SSSR count). The molecule has 9 nitrogen and oxygen atoms in total. The van der Waals surface area contributed by atoms with Crippen LogP contribution in [0.2, 0.25) is 0 Å². The second kappa shape index (κ2) is 9.50. The number of fused-ring (bicyclic) bond motifs is 1. The molecule has 1 aromatic heterocycles. The van der Waals surface area contributed by atoms with Gasteiger partial charge in [-0.05, 0) is 37.9 Å². The predicted molar refractivity (Wildman–Crippen MR) is 107 cm³/mol. The van der Waals surface area contributed by atoms with Gasteiger partial charge < -0.3 is 21.3 Å². The molecule has 0 radical (unpaired) electrons. The molecule has 0 spiro atoms. The maximum atomic E-state index is 13.4. The van der Waals surface area contributed by atoms with Gasteiger partial charge in [-0.2, -0.15) is 0 Å². The van der Waals surface area contributed by atoms with Crippen LogP contribution in [-0.2, 0) is 16.0 Å². The Kier molecular flexibility index (Phi) is 7.33. The van der Waals surface area contributed by atoms with Gasteiger partial charge in [0.1, 0.15) is 11.9 Å². The molecule has 0 saturated carbocycles. The molecule has 0 aliphatic carbocycles. The molecule has 0 aromatic carbocycles. The maximum absolute atomic E-state index is 13.4. The van der Waals surface area contributed by atoms with Crippen LogP contribution in [0.4, 0.5) is 10.6 Å². The molecule has 4 N–H and O–H groups in total. The number of carbonyl (C=O) groups is 3. The monoisotopic (exact) mass is 390 g/mol. The number of hydrogen-bond acceptors (Lipinski definition) is 5. The molecule has 1 aliphatic heterocycles. The zero-order valence-electron chi connectivity index (χ0n) is 17.1. The minimum absolute atomic E-state index is 0.110. The van der Waals surface area contributed by atoms with Crippen molar-refractivity contribution in [2.24, 2.45) is 5.92 Å². The normalized spacial score (nSPS) is 17.6. The van der Waals surface area contributed by atoms with Crippen LogP contribution in [0.3, 0.4) is 0 Å². The van der Waals surface area contributed by atoms with E-state index in [2.05, 4.69) is 26.3 Å². The Bertz CT molecular complexity index is 723. The number of pyridine rings is 1. The van der Waals surface area contributed by atoms with Gasteiger partial charge in [-0.25, -0.2) is 9.78 Å². The van der Waals surface area contributed by atoms with Crippen LogP contribution >= 0.6 is 0 Å². The van der Waals surface area contributed by atoms with Gasteiger partial charge in [-0.15, -0.1) is 0 Å². The molecule has 9 heteroatoms. The summed E-state index contributed by atoms with van der Waals surface area (Å²) < 4.78 is 0. The molecular weight excluding hydrogens is 360 g/mol. The van der Waals surface area contributed by atoms with Crippen molar-refractivity contribution >= 4 is 23.7 Å². The van der Waals surface area contributed by atoms with Crippen LogP contribution in [0, 0.1) is 5.92 Å². The largest absolute Gasteiger partial charge is 0.343 e. The lowest BCUT2D eigenvalue weighted by Crippen LogP contribution is -2.57. The first-order chi connectivity index (χ1) is 13.3. The van der Waals surface area contributed by atoms with Crippen LogP contribution in [0.15, 0.2) is 18.3 Å². The van der Waals surface area contributed by atoms with E-state index in [-0.39, 0.29) is 36.3 Å². The second-order valence-corrected chi connectivity index (χ2v) is 7.25. The van der Waals surface area contributed by atoms with Crippen molar-refractivity contribution in [1.29, 1.82) is 0 Å². The molecule has 2 unspecified atom stereocenters. The molecule has 4 amide bonds. The van der Waals surface area contributed by atoms with E-state index in [1.54, 1.807) is 25.1 Å². The van der Waals surface area contributed by atoms with Gasteiger partial charge in [0.2, 0.25) is 5.91 Å². The lowest BCUT2D eigenvalue weighted by molar-refractivity contribution is -0.129. The highest BCUT2D eigenvalue weighted by atomic mass is 16.2. The van der Waals surface area contributed by atoms with E-state index in [1.807, 2.05) is 26.0 Å². The molecule has 1 aromatic rings. The molecule has 3 atom stereocenters. The molecule has 28 heavy (non-hydrogen) atoms. The average Bonchev–Trinajstić information content (AvgIpc) is 3.06. The van der Waals surface area contributed by atoms with E-state index in [1.165, 1.54) is 7.05 Å². The lowest BCUT2D eigenvalue weighted by atomic mass is 10.0. The molecule has 1 aliphatic rings. The van der Waals surface area contributed by atoms with Crippen molar-refractivity contribution in [2.75, 3.05) is 25.5 Å². The maximum Gasteiger partial charge on any atom is 0.314 e. The summed E-state index contributed by atoms with van der Waals surface area (Å²) in [5, 5.41) is 11.0. The molecular formula is C19H30N6O3. The minimum Gasteiger partial charge on any atom is -0.343 e. The molecule has 0 bridgehead atoms. The van der Waals surface area contributed by atoms with Gasteiger partial charge in [-0.3, -0.25) is 14.5 Å². The molecule has 2 heterocycles. The Morgan fingerprint density at radius 1 is 1.25 bits per heavy atom. The third kappa shape index (κ3) is 4.78. The number of urea groups is 1. The summed E-state index contributed by atoms with van der Waals surface area (Å²) in [4.78, 5) is 43.4. The summed E-state index contributed by atoms with van der Waals surface area (Å²) in [5.74, 6) is 0.00132. The highest BCUT2D eigenvalue weighted by molar-refractivity contribution is 6.01. The Labute approximate surface area is 165 Å². The Balaban J connectivity index is 2.27. The van der Waals surface area contributed by atoms with Gasteiger partial charge in [0.05, 0.1) is 12.1 Å². The minimum atomic E-state index is -0.696. The van der Waals surface area contributed by atoms with Crippen molar-refractivity contribution < 1.29 is 14.4 Å². The fourth-order valence-electron chi connectivity index (χ4n) is 3.14. The van der Waals surface area contributed by atoms with E-state index in [0.29, 0.717) is 12.2 Å². The van der Waals surface area contributed by atoms with Crippen LogP contribution in [0.5, 0.6) is 0 Å². The van der Waals surface area contributed by atoms with Crippen molar-refractivity contribution in [3.8, 4) is 0 Å². The zero-order chi connectivity index (χ0) is 20.8. The number of nitrogens with one attached hydrogen (secondary N) is 4. The second-order valence-electron chi connectivity index (χ2n) is 7.25. The number of rotatable bonds is 7. The first-order valence-electron chi connectivity index (χ1n) is 9.50. The summed E-state index contributed by atoms with van der Waals surface area (Å²) in [6, 6.07) is 2.06. The number of nitrogens with zero attached hydrogens (tertiary/aromatic N) is 2. The molecule has 0 fully saturated rings. The van der Waals surface area contributed by atoms with Crippen molar-refractivity contribution in [3.63, 3.8) is 0 Å².